The second-order valence-corrected chi connectivity index (χ2v) is 11.7. The molecule has 1 unspecified atom stereocenters. The molecular formula is C33H46N4S. The van der Waals surface area contributed by atoms with Crippen molar-refractivity contribution in [1.82, 2.24) is 15.0 Å². The minimum atomic E-state index is 0.0887. The first-order chi connectivity index (χ1) is 18.3. The molecule has 5 heteroatoms. The lowest BCUT2D eigenvalue weighted by molar-refractivity contribution is 0.820. The normalized spacial score (nSPS) is 13.0. The summed E-state index contributed by atoms with van der Waals surface area (Å²) in [5.41, 5.74) is 9.12. The van der Waals surface area contributed by atoms with Gasteiger partial charge in [0.1, 0.15) is 11.6 Å². The number of allylic oxidation sites excluding steroid dienone is 7. The SMILES string of the molecule is CC(C)=CCC/C(C)=C/CC/C(=C/CSCC(Nc1[nH]ccc1C)c1nc2ccccc2[nH]1)CC=C(C)C. The van der Waals surface area contributed by atoms with Crippen molar-refractivity contribution in [2.75, 3.05) is 16.8 Å². The van der Waals surface area contributed by atoms with E-state index in [4.69, 9.17) is 4.98 Å². The third-order valence-corrected chi connectivity index (χ3v) is 7.58. The van der Waals surface area contributed by atoms with Crippen LogP contribution in [0.1, 0.15) is 84.2 Å². The van der Waals surface area contributed by atoms with E-state index < -0.39 is 0 Å². The van der Waals surface area contributed by atoms with E-state index in [1.165, 1.54) is 27.9 Å². The number of hydrogen-bond acceptors (Lipinski definition) is 3. The lowest BCUT2D eigenvalue weighted by atomic mass is 10.0. The van der Waals surface area contributed by atoms with Crippen molar-refractivity contribution in [1.29, 1.82) is 0 Å². The number of imidazole rings is 1. The molecule has 0 aliphatic carbocycles. The van der Waals surface area contributed by atoms with E-state index in [0.29, 0.717) is 0 Å². The second-order valence-electron chi connectivity index (χ2n) is 10.7. The second kappa shape index (κ2) is 15.5. The van der Waals surface area contributed by atoms with Crippen LogP contribution in [0.2, 0.25) is 0 Å². The summed E-state index contributed by atoms with van der Waals surface area (Å²) in [7, 11) is 0. The van der Waals surface area contributed by atoms with E-state index in [-0.39, 0.29) is 6.04 Å². The lowest BCUT2D eigenvalue weighted by Gasteiger charge is -2.17. The Morgan fingerprint density at radius 2 is 1.71 bits per heavy atom. The zero-order chi connectivity index (χ0) is 27.3. The van der Waals surface area contributed by atoms with Crippen LogP contribution in [0.3, 0.4) is 0 Å². The predicted octanol–water partition coefficient (Wildman–Crippen LogP) is 9.84. The summed E-state index contributed by atoms with van der Waals surface area (Å²) in [6.45, 7) is 13.1. The Morgan fingerprint density at radius 3 is 2.42 bits per heavy atom. The largest absolute Gasteiger partial charge is 0.361 e. The fourth-order valence-corrected chi connectivity index (χ4v) is 5.25. The Bertz CT molecular complexity index is 1230. The topological polar surface area (TPSA) is 56.5 Å². The van der Waals surface area contributed by atoms with Crippen LogP contribution in [0.25, 0.3) is 11.0 Å². The molecule has 4 nitrogen and oxygen atoms in total. The number of aromatic amines is 2. The molecule has 1 atom stereocenters. The summed E-state index contributed by atoms with van der Waals surface area (Å²) in [6, 6.07) is 10.4. The summed E-state index contributed by atoms with van der Waals surface area (Å²) in [5.74, 6) is 3.96. The van der Waals surface area contributed by atoms with Gasteiger partial charge in [-0.15, -0.1) is 0 Å². The molecule has 0 amide bonds. The molecule has 2 aromatic heterocycles. The number of aryl methyl sites for hydroxylation is 1. The van der Waals surface area contributed by atoms with Gasteiger partial charge in [-0.1, -0.05) is 58.7 Å². The van der Waals surface area contributed by atoms with Gasteiger partial charge in [-0.05, 0) is 97.4 Å². The number of anilines is 1. The summed E-state index contributed by atoms with van der Waals surface area (Å²) < 4.78 is 0. The minimum absolute atomic E-state index is 0.0887. The van der Waals surface area contributed by atoms with Crippen molar-refractivity contribution >= 4 is 28.6 Å². The highest BCUT2D eigenvalue weighted by Gasteiger charge is 2.17. The molecule has 3 aromatic rings. The van der Waals surface area contributed by atoms with Crippen molar-refractivity contribution in [3.8, 4) is 0 Å². The molecule has 0 saturated heterocycles. The number of fused-ring (bicyclic) bond motifs is 1. The number of aromatic nitrogens is 3. The standard InChI is InChI=1S/C33H46N4S/c1-24(2)11-9-12-26(5)13-10-14-28(18-17-25(3)4)20-22-38-23-31(37-32-27(6)19-21-34-32)33-35-29-15-7-8-16-30(29)36-33/h7-8,11,13,15-17,19-21,31,34,37H,9-10,12,14,18,22-23H2,1-6H3,(H,35,36)/b26-13+,28-20-. The molecule has 0 fully saturated rings. The van der Waals surface area contributed by atoms with Gasteiger partial charge in [0.2, 0.25) is 0 Å². The average Bonchev–Trinajstić information content (AvgIpc) is 3.49. The molecule has 0 bridgehead atoms. The van der Waals surface area contributed by atoms with E-state index in [9.17, 15) is 0 Å². The third-order valence-electron chi connectivity index (χ3n) is 6.61. The van der Waals surface area contributed by atoms with Crippen molar-refractivity contribution < 1.29 is 0 Å². The Balaban J connectivity index is 1.62. The van der Waals surface area contributed by atoms with Crippen LogP contribution in [0.15, 0.2) is 83.1 Å². The molecular weight excluding hydrogens is 484 g/mol. The van der Waals surface area contributed by atoms with Crippen molar-refractivity contribution in [3.05, 3.63) is 94.5 Å². The zero-order valence-corrected chi connectivity index (χ0v) is 25.0. The molecule has 3 N–H and O–H groups in total. The highest BCUT2D eigenvalue weighted by molar-refractivity contribution is 7.99. The first kappa shape index (κ1) is 29.6. The van der Waals surface area contributed by atoms with Gasteiger partial charge in [0, 0.05) is 17.7 Å². The number of benzene rings is 1. The van der Waals surface area contributed by atoms with E-state index >= 15 is 0 Å². The van der Waals surface area contributed by atoms with Crippen LogP contribution in [-0.4, -0.2) is 26.5 Å². The molecule has 0 spiro atoms. The molecule has 204 valence electrons. The summed E-state index contributed by atoms with van der Waals surface area (Å²) in [6.07, 6.45) is 17.1. The average molecular weight is 531 g/mol. The molecule has 0 aliphatic heterocycles. The van der Waals surface area contributed by atoms with Gasteiger partial charge in [0.15, 0.2) is 0 Å². The first-order valence-electron chi connectivity index (χ1n) is 13.8. The van der Waals surface area contributed by atoms with Crippen LogP contribution < -0.4 is 5.32 Å². The molecule has 1 aromatic carbocycles. The van der Waals surface area contributed by atoms with Gasteiger partial charge in [0.25, 0.3) is 0 Å². The van der Waals surface area contributed by atoms with Gasteiger partial charge in [0.05, 0.1) is 17.1 Å². The molecule has 38 heavy (non-hydrogen) atoms. The van der Waals surface area contributed by atoms with Crippen LogP contribution >= 0.6 is 11.8 Å². The monoisotopic (exact) mass is 530 g/mol. The van der Waals surface area contributed by atoms with Crippen LogP contribution in [-0.2, 0) is 0 Å². The van der Waals surface area contributed by atoms with Crippen molar-refractivity contribution in [2.24, 2.45) is 0 Å². The Morgan fingerprint density at radius 1 is 0.947 bits per heavy atom. The number of nitrogens with zero attached hydrogens (tertiary/aromatic N) is 1. The number of para-hydroxylation sites is 2. The number of thioether (sulfide) groups is 1. The molecule has 0 saturated carbocycles. The van der Waals surface area contributed by atoms with Crippen LogP contribution in [0.4, 0.5) is 5.82 Å². The number of hydrogen-bond donors (Lipinski definition) is 3. The molecule has 2 heterocycles. The van der Waals surface area contributed by atoms with Crippen LogP contribution in [0.5, 0.6) is 0 Å². The minimum Gasteiger partial charge on any atom is -0.361 e. The predicted molar refractivity (Wildman–Crippen MR) is 169 cm³/mol. The Kier molecular flexibility index (Phi) is 12.1. The molecule has 0 aliphatic rings. The molecule has 3 rings (SSSR count). The molecule has 0 radical (unpaired) electrons. The lowest BCUT2D eigenvalue weighted by Crippen LogP contribution is -2.16. The zero-order valence-electron chi connectivity index (χ0n) is 24.2. The fraction of sp³-hybridized carbons (Fsp3) is 0.424. The van der Waals surface area contributed by atoms with E-state index in [1.54, 1.807) is 0 Å². The quantitative estimate of drug-likeness (QED) is 0.135. The maximum Gasteiger partial charge on any atom is 0.130 e. The number of nitrogens with one attached hydrogen (secondary N) is 3. The van der Waals surface area contributed by atoms with Gasteiger partial charge in [-0.25, -0.2) is 4.98 Å². The highest BCUT2D eigenvalue weighted by atomic mass is 32.2. The Labute approximate surface area is 234 Å². The van der Waals surface area contributed by atoms with E-state index in [1.807, 2.05) is 24.0 Å². The van der Waals surface area contributed by atoms with Gasteiger partial charge in [-0.3, -0.25) is 0 Å². The van der Waals surface area contributed by atoms with Gasteiger partial charge >= 0.3 is 0 Å². The Hall–Kier alpha value is -2.92. The smallest absolute Gasteiger partial charge is 0.130 e. The first-order valence-corrected chi connectivity index (χ1v) is 15.0. The summed E-state index contributed by atoms with van der Waals surface area (Å²) in [5, 5.41) is 3.69. The van der Waals surface area contributed by atoms with Gasteiger partial charge < -0.3 is 15.3 Å². The third kappa shape index (κ3) is 10.1. The number of rotatable bonds is 15. The van der Waals surface area contributed by atoms with Gasteiger partial charge in [-0.2, -0.15) is 11.8 Å². The maximum absolute atomic E-state index is 4.90. The van der Waals surface area contributed by atoms with Crippen molar-refractivity contribution in [3.63, 3.8) is 0 Å². The highest BCUT2D eigenvalue weighted by Crippen LogP contribution is 2.26. The summed E-state index contributed by atoms with van der Waals surface area (Å²) in [4.78, 5) is 11.8. The van der Waals surface area contributed by atoms with E-state index in [2.05, 4.69) is 105 Å². The van der Waals surface area contributed by atoms with E-state index in [0.717, 1.165) is 66.3 Å². The summed E-state index contributed by atoms with van der Waals surface area (Å²) >= 11 is 1.95. The maximum atomic E-state index is 4.90. The van der Waals surface area contributed by atoms with Crippen LogP contribution in [0, 0.1) is 6.92 Å². The number of H-pyrrole nitrogens is 2. The fourth-order valence-electron chi connectivity index (χ4n) is 4.28. The van der Waals surface area contributed by atoms with Crippen molar-refractivity contribution in [2.45, 2.75) is 79.7 Å².